The van der Waals surface area contributed by atoms with E-state index >= 15 is 0 Å². The van der Waals surface area contributed by atoms with Gasteiger partial charge in [0, 0.05) is 43.6 Å². The van der Waals surface area contributed by atoms with Crippen LogP contribution in [0.15, 0.2) is 42.5 Å². The van der Waals surface area contributed by atoms with Crippen molar-refractivity contribution < 1.29 is 14.3 Å². The molecule has 0 aliphatic carbocycles. The van der Waals surface area contributed by atoms with Crippen molar-refractivity contribution in [1.29, 1.82) is 0 Å². The fourth-order valence-electron chi connectivity index (χ4n) is 3.45. The number of benzene rings is 2. The van der Waals surface area contributed by atoms with Crippen LogP contribution in [0.4, 0.5) is 16.2 Å². The third kappa shape index (κ3) is 5.71. The molecule has 0 unspecified atom stereocenters. The monoisotopic (exact) mass is 396 g/mol. The molecule has 2 N–H and O–H groups in total. The maximum absolute atomic E-state index is 12.2. The summed E-state index contributed by atoms with van der Waals surface area (Å²) < 4.78 is 5.28. The fourth-order valence-corrected chi connectivity index (χ4v) is 3.45. The molecule has 3 rings (SSSR count). The van der Waals surface area contributed by atoms with Gasteiger partial charge in [0.2, 0.25) is 5.91 Å². The van der Waals surface area contributed by atoms with Crippen molar-refractivity contribution in [2.24, 2.45) is 0 Å². The quantitative estimate of drug-likeness (QED) is 0.813. The van der Waals surface area contributed by atoms with Gasteiger partial charge in [-0.1, -0.05) is 23.8 Å². The lowest BCUT2D eigenvalue weighted by Gasteiger charge is -2.35. The van der Waals surface area contributed by atoms with Crippen LogP contribution in [0.3, 0.4) is 0 Å². The molecule has 7 nitrogen and oxygen atoms in total. The van der Waals surface area contributed by atoms with Gasteiger partial charge in [-0.3, -0.25) is 15.0 Å². The van der Waals surface area contributed by atoms with Gasteiger partial charge < -0.3 is 15.0 Å². The molecule has 1 heterocycles. The van der Waals surface area contributed by atoms with E-state index in [1.807, 2.05) is 50.2 Å². The van der Waals surface area contributed by atoms with Gasteiger partial charge in [-0.05, 0) is 37.6 Å². The minimum Gasteiger partial charge on any atom is -0.497 e. The highest BCUT2D eigenvalue weighted by atomic mass is 16.5. The number of carbonyl (C=O) groups excluding carboxylic acids is 2. The fraction of sp³-hybridized carbons (Fsp3) is 0.364. The van der Waals surface area contributed by atoms with E-state index < -0.39 is 6.03 Å². The van der Waals surface area contributed by atoms with Crippen molar-refractivity contribution in [3.63, 3.8) is 0 Å². The van der Waals surface area contributed by atoms with E-state index in [9.17, 15) is 9.59 Å². The molecule has 2 aromatic rings. The Bertz CT molecular complexity index is 876. The highest BCUT2D eigenvalue weighted by Gasteiger charge is 2.20. The van der Waals surface area contributed by atoms with E-state index in [2.05, 4.69) is 26.5 Å². The summed E-state index contributed by atoms with van der Waals surface area (Å²) >= 11 is 0. The van der Waals surface area contributed by atoms with E-state index in [1.54, 1.807) is 7.11 Å². The van der Waals surface area contributed by atoms with Crippen molar-refractivity contribution in [3.8, 4) is 5.75 Å². The molecule has 0 atom stereocenters. The Kier molecular flexibility index (Phi) is 6.72. The molecule has 0 radical (unpaired) electrons. The van der Waals surface area contributed by atoms with Crippen molar-refractivity contribution in [3.05, 3.63) is 53.6 Å². The first-order valence-electron chi connectivity index (χ1n) is 9.74. The standard InChI is InChI=1S/C22H28N4O3/c1-16-7-8-20(17(2)13-16)23-22(28)24-21(27)15-25-9-11-26(12-10-25)18-5-4-6-19(14-18)29-3/h4-8,13-14H,9-12,15H2,1-3H3,(H2,23,24,27,28). The average Bonchev–Trinajstić information content (AvgIpc) is 2.70. The van der Waals surface area contributed by atoms with Gasteiger partial charge in [-0.15, -0.1) is 0 Å². The van der Waals surface area contributed by atoms with Crippen LogP contribution in [0, 0.1) is 13.8 Å². The second-order valence-electron chi connectivity index (χ2n) is 7.29. The molecule has 154 valence electrons. The largest absolute Gasteiger partial charge is 0.497 e. The molecule has 1 aliphatic rings. The third-order valence-electron chi connectivity index (χ3n) is 5.04. The highest BCUT2D eigenvalue weighted by Crippen LogP contribution is 2.22. The first-order chi connectivity index (χ1) is 13.9. The lowest BCUT2D eigenvalue weighted by Crippen LogP contribution is -2.50. The van der Waals surface area contributed by atoms with Crippen LogP contribution in [0.2, 0.25) is 0 Å². The van der Waals surface area contributed by atoms with Gasteiger partial charge >= 0.3 is 6.03 Å². The van der Waals surface area contributed by atoms with Crippen LogP contribution in [0.1, 0.15) is 11.1 Å². The first kappa shape index (κ1) is 20.7. The molecule has 0 bridgehead atoms. The van der Waals surface area contributed by atoms with Gasteiger partial charge in [0.15, 0.2) is 0 Å². The molecular formula is C22H28N4O3. The molecular weight excluding hydrogens is 368 g/mol. The topological polar surface area (TPSA) is 73.9 Å². The maximum atomic E-state index is 12.2. The lowest BCUT2D eigenvalue weighted by molar-refractivity contribution is -0.121. The maximum Gasteiger partial charge on any atom is 0.325 e. The van der Waals surface area contributed by atoms with E-state index in [-0.39, 0.29) is 12.5 Å². The van der Waals surface area contributed by atoms with Crippen LogP contribution >= 0.6 is 0 Å². The predicted octanol–water partition coefficient (Wildman–Crippen LogP) is 2.78. The average molecular weight is 396 g/mol. The zero-order valence-corrected chi connectivity index (χ0v) is 17.2. The number of urea groups is 1. The Hall–Kier alpha value is -3.06. The summed E-state index contributed by atoms with van der Waals surface area (Å²) in [5.41, 5.74) is 3.90. The molecule has 3 amide bonds. The SMILES string of the molecule is COc1cccc(N2CCN(CC(=O)NC(=O)Nc3ccc(C)cc3C)CC2)c1. The number of rotatable bonds is 5. The summed E-state index contributed by atoms with van der Waals surface area (Å²) in [6.07, 6.45) is 0. The molecule has 0 saturated carbocycles. The summed E-state index contributed by atoms with van der Waals surface area (Å²) in [5.74, 6) is 0.529. The van der Waals surface area contributed by atoms with Gasteiger partial charge in [-0.25, -0.2) is 4.79 Å². The normalized spacial score (nSPS) is 14.4. The molecule has 7 heteroatoms. The van der Waals surface area contributed by atoms with Gasteiger partial charge in [0.1, 0.15) is 5.75 Å². The van der Waals surface area contributed by atoms with Gasteiger partial charge in [-0.2, -0.15) is 0 Å². The number of aryl methyl sites for hydroxylation is 2. The molecule has 1 aliphatic heterocycles. The Labute approximate surface area is 171 Å². The number of imide groups is 1. The molecule has 1 fully saturated rings. The lowest BCUT2D eigenvalue weighted by atomic mass is 10.1. The molecule has 29 heavy (non-hydrogen) atoms. The third-order valence-corrected chi connectivity index (χ3v) is 5.04. The Morgan fingerprint density at radius 1 is 1.03 bits per heavy atom. The Morgan fingerprint density at radius 3 is 2.48 bits per heavy atom. The summed E-state index contributed by atoms with van der Waals surface area (Å²) in [6.45, 7) is 7.25. The number of nitrogens with zero attached hydrogens (tertiary/aromatic N) is 2. The highest BCUT2D eigenvalue weighted by molar-refractivity contribution is 6.02. The van der Waals surface area contributed by atoms with Crippen molar-refractivity contribution >= 4 is 23.3 Å². The summed E-state index contributed by atoms with van der Waals surface area (Å²) in [7, 11) is 1.66. The van der Waals surface area contributed by atoms with Crippen molar-refractivity contribution in [2.75, 3.05) is 50.1 Å². The number of nitrogens with one attached hydrogen (secondary N) is 2. The number of piperazine rings is 1. The Morgan fingerprint density at radius 2 is 1.79 bits per heavy atom. The number of carbonyl (C=O) groups is 2. The van der Waals surface area contributed by atoms with E-state index in [0.29, 0.717) is 5.69 Å². The van der Waals surface area contributed by atoms with Crippen LogP contribution in [0.5, 0.6) is 5.75 Å². The number of amides is 3. The van der Waals surface area contributed by atoms with Gasteiger partial charge in [0.25, 0.3) is 0 Å². The van der Waals surface area contributed by atoms with Crippen molar-refractivity contribution in [2.45, 2.75) is 13.8 Å². The molecule has 0 spiro atoms. The van der Waals surface area contributed by atoms with E-state index in [4.69, 9.17) is 4.74 Å². The van der Waals surface area contributed by atoms with Crippen LogP contribution in [-0.2, 0) is 4.79 Å². The van der Waals surface area contributed by atoms with E-state index in [0.717, 1.165) is 48.7 Å². The number of anilines is 2. The summed E-state index contributed by atoms with van der Waals surface area (Å²) in [4.78, 5) is 28.7. The zero-order valence-electron chi connectivity index (χ0n) is 17.2. The predicted molar refractivity (Wildman–Crippen MR) is 115 cm³/mol. The number of hydrogen-bond donors (Lipinski definition) is 2. The smallest absolute Gasteiger partial charge is 0.325 e. The Balaban J connectivity index is 1.45. The number of ether oxygens (including phenoxy) is 1. The minimum atomic E-state index is -0.503. The van der Waals surface area contributed by atoms with E-state index in [1.165, 1.54) is 0 Å². The summed E-state index contributed by atoms with van der Waals surface area (Å²) in [6, 6.07) is 13.2. The van der Waals surface area contributed by atoms with Crippen molar-refractivity contribution in [1.82, 2.24) is 10.2 Å². The number of methoxy groups -OCH3 is 1. The zero-order chi connectivity index (χ0) is 20.8. The van der Waals surface area contributed by atoms with Crippen LogP contribution in [-0.4, -0.2) is 56.7 Å². The number of hydrogen-bond acceptors (Lipinski definition) is 5. The van der Waals surface area contributed by atoms with Crippen LogP contribution in [0.25, 0.3) is 0 Å². The first-order valence-corrected chi connectivity index (χ1v) is 9.74. The molecule has 1 saturated heterocycles. The second-order valence-corrected chi connectivity index (χ2v) is 7.29. The molecule has 2 aromatic carbocycles. The van der Waals surface area contributed by atoms with Crippen LogP contribution < -0.4 is 20.3 Å². The minimum absolute atomic E-state index is 0.201. The second kappa shape index (κ2) is 9.43. The summed E-state index contributed by atoms with van der Waals surface area (Å²) in [5, 5.41) is 5.15. The van der Waals surface area contributed by atoms with Gasteiger partial charge in [0.05, 0.1) is 13.7 Å². The molecule has 0 aromatic heterocycles.